The van der Waals surface area contributed by atoms with Crippen LogP contribution in [0.15, 0.2) is 24.3 Å². The third-order valence-corrected chi connectivity index (χ3v) is 3.26. The Morgan fingerprint density at radius 2 is 2.29 bits per heavy atom. The molecule has 1 heterocycles. The van der Waals surface area contributed by atoms with E-state index in [0.29, 0.717) is 6.04 Å². The van der Waals surface area contributed by atoms with Crippen LogP contribution < -0.4 is 5.73 Å². The Morgan fingerprint density at radius 3 is 2.79 bits per heavy atom. The summed E-state index contributed by atoms with van der Waals surface area (Å²) < 4.78 is 0. The standard InChI is InChI=1S/C12H18N2/c1-9-6-7-14(9)10(2)11-4-3-5-12(13)8-11/h3-5,8-10H,6-7,13H2,1-2H3. The van der Waals surface area contributed by atoms with E-state index in [1.165, 1.54) is 18.5 Å². The molecule has 1 saturated heterocycles. The lowest BCUT2D eigenvalue weighted by molar-refractivity contribution is 0.0605. The summed E-state index contributed by atoms with van der Waals surface area (Å²) >= 11 is 0. The number of rotatable bonds is 2. The van der Waals surface area contributed by atoms with Gasteiger partial charge in [-0.15, -0.1) is 0 Å². The monoisotopic (exact) mass is 190 g/mol. The van der Waals surface area contributed by atoms with E-state index in [4.69, 9.17) is 5.73 Å². The highest BCUT2D eigenvalue weighted by Gasteiger charge is 2.28. The van der Waals surface area contributed by atoms with E-state index in [1.54, 1.807) is 0 Å². The summed E-state index contributed by atoms with van der Waals surface area (Å²) in [6.45, 7) is 5.76. The molecule has 2 N–H and O–H groups in total. The van der Waals surface area contributed by atoms with E-state index in [1.807, 2.05) is 12.1 Å². The predicted octanol–water partition coefficient (Wildman–Crippen LogP) is 2.42. The first kappa shape index (κ1) is 9.53. The van der Waals surface area contributed by atoms with Gasteiger partial charge in [0.05, 0.1) is 0 Å². The summed E-state index contributed by atoms with van der Waals surface area (Å²) in [5.41, 5.74) is 7.97. The van der Waals surface area contributed by atoms with Crippen molar-refractivity contribution >= 4 is 5.69 Å². The molecular weight excluding hydrogens is 172 g/mol. The van der Waals surface area contributed by atoms with Gasteiger partial charge in [-0.3, -0.25) is 4.90 Å². The van der Waals surface area contributed by atoms with Crippen LogP contribution in [-0.4, -0.2) is 17.5 Å². The second kappa shape index (κ2) is 3.62. The average molecular weight is 190 g/mol. The van der Waals surface area contributed by atoms with E-state index >= 15 is 0 Å². The molecule has 0 aromatic heterocycles. The normalized spacial score (nSPS) is 24.3. The molecule has 1 fully saturated rings. The molecule has 2 rings (SSSR count). The zero-order chi connectivity index (χ0) is 10.1. The van der Waals surface area contributed by atoms with Crippen molar-refractivity contribution in [3.8, 4) is 0 Å². The summed E-state index contributed by atoms with van der Waals surface area (Å²) in [4.78, 5) is 2.51. The minimum absolute atomic E-state index is 0.502. The maximum atomic E-state index is 5.77. The molecule has 0 aliphatic carbocycles. The van der Waals surface area contributed by atoms with Gasteiger partial charge in [0.2, 0.25) is 0 Å². The fourth-order valence-electron chi connectivity index (χ4n) is 2.12. The first-order valence-corrected chi connectivity index (χ1v) is 5.29. The minimum Gasteiger partial charge on any atom is -0.399 e. The van der Waals surface area contributed by atoms with E-state index in [-0.39, 0.29) is 0 Å². The Kier molecular flexibility index (Phi) is 2.46. The Bertz CT molecular complexity index is 322. The molecule has 0 radical (unpaired) electrons. The van der Waals surface area contributed by atoms with Crippen molar-refractivity contribution in [1.82, 2.24) is 4.90 Å². The van der Waals surface area contributed by atoms with E-state index in [2.05, 4.69) is 30.9 Å². The Morgan fingerprint density at radius 1 is 1.50 bits per heavy atom. The second-order valence-electron chi connectivity index (χ2n) is 4.22. The highest BCUT2D eigenvalue weighted by Crippen LogP contribution is 2.30. The molecular formula is C12H18N2. The van der Waals surface area contributed by atoms with Crippen LogP contribution in [0.3, 0.4) is 0 Å². The van der Waals surface area contributed by atoms with Gasteiger partial charge in [-0.05, 0) is 38.0 Å². The molecule has 14 heavy (non-hydrogen) atoms. The zero-order valence-corrected chi connectivity index (χ0v) is 8.90. The molecule has 2 heteroatoms. The van der Waals surface area contributed by atoms with Gasteiger partial charge in [-0.2, -0.15) is 0 Å². The van der Waals surface area contributed by atoms with Crippen LogP contribution in [0.1, 0.15) is 31.9 Å². The lowest BCUT2D eigenvalue weighted by Gasteiger charge is -2.43. The Balaban J connectivity index is 2.14. The van der Waals surface area contributed by atoms with Crippen molar-refractivity contribution in [1.29, 1.82) is 0 Å². The van der Waals surface area contributed by atoms with Crippen LogP contribution in [0.5, 0.6) is 0 Å². The first-order valence-electron chi connectivity index (χ1n) is 5.29. The molecule has 0 bridgehead atoms. The number of anilines is 1. The molecule has 0 saturated carbocycles. The third kappa shape index (κ3) is 1.62. The topological polar surface area (TPSA) is 29.3 Å². The highest BCUT2D eigenvalue weighted by atomic mass is 15.2. The van der Waals surface area contributed by atoms with E-state index in [9.17, 15) is 0 Å². The Labute approximate surface area is 85.7 Å². The smallest absolute Gasteiger partial charge is 0.0323 e. The maximum absolute atomic E-state index is 5.77. The third-order valence-electron chi connectivity index (χ3n) is 3.26. The largest absolute Gasteiger partial charge is 0.399 e. The minimum atomic E-state index is 0.502. The molecule has 1 aromatic carbocycles. The average Bonchev–Trinajstić information content (AvgIpc) is 2.15. The Hall–Kier alpha value is -1.02. The summed E-state index contributed by atoms with van der Waals surface area (Å²) in [5, 5.41) is 0. The van der Waals surface area contributed by atoms with Gasteiger partial charge in [-0.25, -0.2) is 0 Å². The van der Waals surface area contributed by atoms with Crippen LogP contribution in [0.4, 0.5) is 5.69 Å². The number of nitrogen functional groups attached to an aromatic ring is 1. The molecule has 1 aliphatic heterocycles. The summed E-state index contributed by atoms with van der Waals surface area (Å²) in [6.07, 6.45) is 1.33. The second-order valence-corrected chi connectivity index (χ2v) is 4.22. The lowest BCUT2D eigenvalue weighted by Crippen LogP contribution is -2.46. The van der Waals surface area contributed by atoms with Gasteiger partial charge in [0.1, 0.15) is 0 Å². The van der Waals surface area contributed by atoms with Crippen molar-refractivity contribution in [3.05, 3.63) is 29.8 Å². The van der Waals surface area contributed by atoms with Crippen LogP contribution in [0.25, 0.3) is 0 Å². The molecule has 1 aromatic rings. The van der Waals surface area contributed by atoms with Gasteiger partial charge in [0, 0.05) is 24.3 Å². The van der Waals surface area contributed by atoms with Crippen LogP contribution in [0, 0.1) is 0 Å². The van der Waals surface area contributed by atoms with Gasteiger partial charge >= 0.3 is 0 Å². The molecule has 2 atom stereocenters. The quantitative estimate of drug-likeness (QED) is 0.726. The number of likely N-dealkylation sites (tertiary alicyclic amines) is 1. The van der Waals surface area contributed by atoms with Crippen LogP contribution in [0.2, 0.25) is 0 Å². The molecule has 76 valence electrons. The molecule has 1 aliphatic rings. The van der Waals surface area contributed by atoms with Crippen molar-refractivity contribution in [3.63, 3.8) is 0 Å². The van der Waals surface area contributed by atoms with Crippen molar-refractivity contribution in [2.45, 2.75) is 32.4 Å². The van der Waals surface area contributed by atoms with E-state index < -0.39 is 0 Å². The molecule has 2 unspecified atom stereocenters. The summed E-state index contributed by atoms with van der Waals surface area (Å²) in [5.74, 6) is 0. The van der Waals surface area contributed by atoms with E-state index in [0.717, 1.165) is 11.7 Å². The number of benzene rings is 1. The van der Waals surface area contributed by atoms with Crippen molar-refractivity contribution < 1.29 is 0 Å². The molecule has 0 spiro atoms. The molecule has 2 nitrogen and oxygen atoms in total. The van der Waals surface area contributed by atoms with Gasteiger partial charge in [0.25, 0.3) is 0 Å². The number of nitrogens with zero attached hydrogens (tertiary/aromatic N) is 1. The fourth-order valence-corrected chi connectivity index (χ4v) is 2.12. The van der Waals surface area contributed by atoms with Crippen LogP contribution in [-0.2, 0) is 0 Å². The van der Waals surface area contributed by atoms with Gasteiger partial charge < -0.3 is 5.73 Å². The zero-order valence-electron chi connectivity index (χ0n) is 8.90. The predicted molar refractivity (Wildman–Crippen MR) is 60.1 cm³/mol. The summed E-state index contributed by atoms with van der Waals surface area (Å²) in [7, 11) is 0. The number of hydrogen-bond donors (Lipinski definition) is 1. The SMILES string of the molecule is CC1CCN1C(C)c1cccc(N)c1. The van der Waals surface area contributed by atoms with Crippen LogP contribution >= 0.6 is 0 Å². The van der Waals surface area contributed by atoms with Crippen molar-refractivity contribution in [2.24, 2.45) is 0 Å². The molecule has 0 amide bonds. The maximum Gasteiger partial charge on any atom is 0.0323 e. The van der Waals surface area contributed by atoms with Gasteiger partial charge in [0.15, 0.2) is 0 Å². The van der Waals surface area contributed by atoms with Gasteiger partial charge in [-0.1, -0.05) is 12.1 Å². The lowest BCUT2D eigenvalue weighted by atomic mass is 9.97. The summed E-state index contributed by atoms with van der Waals surface area (Å²) in [6, 6.07) is 9.44. The fraction of sp³-hybridized carbons (Fsp3) is 0.500. The number of hydrogen-bond acceptors (Lipinski definition) is 2. The van der Waals surface area contributed by atoms with Crippen molar-refractivity contribution in [2.75, 3.05) is 12.3 Å². The first-order chi connectivity index (χ1) is 6.68. The number of nitrogens with two attached hydrogens (primary N) is 1. The highest BCUT2D eigenvalue weighted by molar-refractivity contribution is 5.41.